The molecule has 5 rings (SSSR count). The summed E-state index contributed by atoms with van der Waals surface area (Å²) in [5.41, 5.74) is 1.03. The Labute approximate surface area is 184 Å². The van der Waals surface area contributed by atoms with E-state index in [1.54, 1.807) is 0 Å². The smallest absolute Gasteiger partial charge is 0.417 e. The van der Waals surface area contributed by atoms with Gasteiger partial charge in [0.05, 0.1) is 12.1 Å². The van der Waals surface area contributed by atoms with Crippen molar-refractivity contribution in [2.24, 2.45) is 0 Å². The average molecular weight is 445 g/mol. The zero-order valence-electron chi connectivity index (χ0n) is 17.8. The number of piperidine rings is 1. The number of alkyl halides is 3. The van der Waals surface area contributed by atoms with Gasteiger partial charge in [0, 0.05) is 51.5 Å². The van der Waals surface area contributed by atoms with Gasteiger partial charge in [-0.2, -0.15) is 13.2 Å². The molecule has 2 aromatic heterocycles. The number of para-hydroxylation sites is 2. The average Bonchev–Trinajstić information content (AvgIpc) is 3.22. The Morgan fingerprint density at radius 1 is 0.938 bits per heavy atom. The molecule has 170 valence electrons. The molecule has 0 N–H and O–H groups in total. The summed E-state index contributed by atoms with van der Waals surface area (Å²) < 4.78 is 44.1. The van der Waals surface area contributed by atoms with E-state index >= 15 is 0 Å². The Morgan fingerprint density at radius 3 is 2.34 bits per heavy atom. The lowest BCUT2D eigenvalue weighted by Crippen LogP contribution is -2.53. The lowest BCUT2D eigenvalue weighted by molar-refractivity contribution is -0.137. The number of likely N-dealkylation sites (tertiary alicyclic amines) is 1. The first-order valence-corrected chi connectivity index (χ1v) is 11.0. The summed E-state index contributed by atoms with van der Waals surface area (Å²) in [6, 6.07) is 11.0. The first kappa shape index (κ1) is 21.2. The molecule has 0 bridgehead atoms. The summed E-state index contributed by atoms with van der Waals surface area (Å²) in [6.07, 6.45) is -1.23. The Bertz CT molecular complexity index is 1000. The van der Waals surface area contributed by atoms with Crippen molar-refractivity contribution in [3.05, 3.63) is 54.0 Å². The summed E-state index contributed by atoms with van der Waals surface area (Å²) in [4.78, 5) is 15.6. The number of piperazine rings is 1. The number of pyridine rings is 1. The summed E-state index contributed by atoms with van der Waals surface area (Å²) in [5.74, 6) is 1.38. The predicted octanol–water partition coefficient (Wildman–Crippen LogP) is 4.03. The number of rotatable bonds is 4. The SMILES string of the molecule is FC(F)(F)c1ccc(N2CCN(C3CCN(Cc4nc5ccccc5o4)CC3)CC2)nc1. The number of hydrogen-bond donors (Lipinski definition) is 0. The summed E-state index contributed by atoms with van der Waals surface area (Å²) in [6.45, 7) is 6.10. The van der Waals surface area contributed by atoms with Crippen LogP contribution in [0.3, 0.4) is 0 Å². The van der Waals surface area contributed by atoms with Gasteiger partial charge in [-0.3, -0.25) is 9.80 Å². The number of nitrogens with zero attached hydrogens (tertiary/aromatic N) is 5. The van der Waals surface area contributed by atoms with Crippen LogP contribution in [0.1, 0.15) is 24.3 Å². The van der Waals surface area contributed by atoms with Gasteiger partial charge in [0.1, 0.15) is 11.3 Å². The van der Waals surface area contributed by atoms with Crippen LogP contribution in [0.2, 0.25) is 0 Å². The van der Waals surface area contributed by atoms with Gasteiger partial charge in [0.25, 0.3) is 0 Å². The zero-order chi connectivity index (χ0) is 22.1. The van der Waals surface area contributed by atoms with Crippen molar-refractivity contribution in [3.63, 3.8) is 0 Å². The molecule has 9 heteroatoms. The molecular formula is C23H26F3N5O. The van der Waals surface area contributed by atoms with E-state index in [9.17, 15) is 13.2 Å². The molecule has 0 unspecified atom stereocenters. The van der Waals surface area contributed by atoms with Gasteiger partial charge in [-0.25, -0.2) is 9.97 Å². The molecule has 32 heavy (non-hydrogen) atoms. The number of fused-ring (bicyclic) bond motifs is 1. The van der Waals surface area contributed by atoms with E-state index in [4.69, 9.17) is 4.42 Å². The molecular weight excluding hydrogens is 419 g/mol. The van der Waals surface area contributed by atoms with Crippen LogP contribution in [0.25, 0.3) is 11.1 Å². The molecule has 1 aromatic carbocycles. The number of hydrogen-bond acceptors (Lipinski definition) is 6. The van der Waals surface area contributed by atoms with E-state index in [1.807, 2.05) is 24.3 Å². The second-order valence-corrected chi connectivity index (χ2v) is 8.51. The minimum atomic E-state index is -4.35. The topological polar surface area (TPSA) is 48.6 Å². The quantitative estimate of drug-likeness (QED) is 0.605. The van der Waals surface area contributed by atoms with Crippen LogP contribution >= 0.6 is 0 Å². The third-order valence-corrected chi connectivity index (χ3v) is 6.48. The maximum atomic E-state index is 12.7. The van der Waals surface area contributed by atoms with Gasteiger partial charge in [-0.1, -0.05) is 12.1 Å². The van der Waals surface area contributed by atoms with E-state index in [1.165, 1.54) is 6.07 Å². The monoisotopic (exact) mass is 445 g/mol. The first-order chi connectivity index (χ1) is 15.5. The lowest BCUT2D eigenvalue weighted by atomic mass is 10.0. The standard InChI is InChI=1S/C23H26F3N5O/c24-23(25,26)17-5-6-21(27-15-17)31-13-11-30(12-14-31)18-7-9-29(10-8-18)16-22-28-19-3-1-2-4-20(19)32-22/h1-6,15,18H,7-14,16H2. The normalized spacial score (nSPS) is 19.7. The molecule has 2 saturated heterocycles. The second-order valence-electron chi connectivity index (χ2n) is 8.51. The molecule has 0 saturated carbocycles. The molecule has 0 spiro atoms. The minimum absolute atomic E-state index is 0.539. The van der Waals surface area contributed by atoms with Crippen LogP contribution in [0.5, 0.6) is 0 Å². The number of anilines is 1. The summed E-state index contributed by atoms with van der Waals surface area (Å²) in [5, 5.41) is 0. The van der Waals surface area contributed by atoms with Gasteiger partial charge < -0.3 is 9.32 Å². The van der Waals surface area contributed by atoms with E-state index in [0.29, 0.717) is 11.9 Å². The van der Waals surface area contributed by atoms with Crippen molar-refractivity contribution in [1.29, 1.82) is 0 Å². The molecule has 6 nitrogen and oxygen atoms in total. The van der Waals surface area contributed by atoms with Crippen LogP contribution in [-0.2, 0) is 12.7 Å². The third kappa shape index (κ3) is 4.59. The van der Waals surface area contributed by atoms with Crippen LogP contribution in [-0.4, -0.2) is 65.1 Å². The highest BCUT2D eigenvalue weighted by atomic mass is 19.4. The van der Waals surface area contributed by atoms with Gasteiger partial charge >= 0.3 is 6.18 Å². The Kier molecular flexibility index (Phi) is 5.77. The van der Waals surface area contributed by atoms with Gasteiger partial charge in [0.2, 0.25) is 5.89 Å². The van der Waals surface area contributed by atoms with Crippen LogP contribution < -0.4 is 4.90 Å². The summed E-state index contributed by atoms with van der Waals surface area (Å²) in [7, 11) is 0. The molecule has 0 atom stereocenters. The van der Waals surface area contributed by atoms with E-state index < -0.39 is 11.7 Å². The highest BCUT2D eigenvalue weighted by Gasteiger charge is 2.32. The molecule has 0 radical (unpaired) electrons. The van der Waals surface area contributed by atoms with E-state index in [-0.39, 0.29) is 0 Å². The van der Waals surface area contributed by atoms with E-state index in [0.717, 1.165) is 87.9 Å². The Morgan fingerprint density at radius 2 is 1.69 bits per heavy atom. The molecule has 2 aliphatic rings. The van der Waals surface area contributed by atoms with Crippen molar-refractivity contribution in [1.82, 2.24) is 19.8 Å². The molecule has 0 aliphatic carbocycles. The van der Waals surface area contributed by atoms with Gasteiger partial charge in [-0.05, 0) is 37.1 Å². The minimum Gasteiger partial charge on any atom is -0.439 e. The van der Waals surface area contributed by atoms with Crippen LogP contribution in [0.4, 0.5) is 19.0 Å². The van der Waals surface area contributed by atoms with Gasteiger partial charge in [-0.15, -0.1) is 0 Å². The van der Waals surface area contributed by atoms with Crippen molar-refractivity contribution < 1.29 is 17.6 Å². The Hall–Kier alpha value is -2.65. The number of aromatic nitrogens is 2. The number of halogens is 3. The van der Waals surface area contributed by atoms with Gasteiger partial charge in [0.15, 0.2) is 5.58 Å². The fraction of sp³-hybridized carbons (Fsp3) is 0.478. The predicted molar refractivity (Wildman–Crippen MR) is 115 cm³/mol. The van der Waals surface area contributed by atoms with Crippen LogP contribution in [0.15, 0.2) is 47.0 Å². The maximum Gasteiger partial charge on any atom is 0.417 e. The van der Waals surface area contributed by atoms with E-state index in [2.05, 4.69) is 24.7 Å². The molecule has 0 amide bonds. The second kappa shape index (κ2) is 8.71. The van der Waals surface area contributed by atoms with Crippen molar-refractivity contribution >= 4 is 16.9 Å². The zero-order valence-corrected chi connectivity index (χ0v) is 17.8. The first-order valence-electron chi connectivity index (χ1n) is 11.0. The Balaban J connectivity index is 1.10. The largest absolute Gasteiger partial charge is 0.439 e. The maximum absolute atomic E-state index is 12.7. The number of benzene rings is 1. The molecule has 4 heterocycles. The third-order valence-electron chi connectivity index (χ3n) is 6.48. The van der Waals surface area contributed by atoms with Crippen molar-refractivity contribution in [3.8, 4) is 0 Å². The molecule has 2 aliphatic heterocycles. The highest BCUT2D eigenvalue weighted by molar-refractivity contribution is 5.72. The molecule has 2 fully saturated rings. The highest BCUT2D eigenvalue weighted by Crippen LogP contribution is 2.30. The van der Waals surface area contributed by atoms with Crippen molar-refractivity contribution in [2.45, 2.75) is 31.6 Å². The van der Waals surface area contributed by atoms with Crippen LogP contribution in [0, 0.1) is 0 Å². The summed E-state index contributed by atoms with van der Waals surface area (Å²) >= 11 is 0. The molecule has 3 aromatic rings. The van der Waals surface area contributed by atoms with Crippen molar-refractivity contribution in [2.75, 3.05) is 44.2 Å². The number of oxazole rings is 1. The fourth-order valence-electron chi connectivity index (χ4n) is 4.68. The lowest BCUT2D eigenvalue weighted by Gasteiger charge is -2.43. The fourth-order valence-corrected chi connectivity index (χ4v) is 4.68.